The smallest absolute Gasteiger partial charge is 0.263 e. The highest BCUT2D eigenvalue weighted by Gasteiger charge is 2.20. The van der Waals surface area contributed by atoms with E-state index in [0.717, 1.165) is 0 Å². The van der Waals surface area contributed by atoms with Crippen molar-refractivity contribution >= 4 is 61.2 Å². The molecule has 0 spiro atoms. The summed E-state index contributed by atoms with van der Waals surface area (Å²) in [6, 6.07) is 6.42. The highest BCUT2D eigenvalue weighted by atomic mass is 127. The van der Waals surface area contributed by atoms with Gasteiger partial charge >= 0.3 is 0 Å². The number of anilines is 1. The molecule has 1 aromatic carbocycles. The number of hydrogen-bond acceptors (Lipinski definition) is 4. The van der Waals surface area contributed by atoms with E-state index in [-0.39, 0.29) is 11.5 Å². The van der Waals surface area contributed by atoms with E-state index in [1.54, 1.807) is 25.1 Å². The Morgan fingerprint density at radius 2 is 2.10 bits per heavy atom. The van der Waals surface area contributed by atoms with Gasteiger partial charge in [0, 0.05) is 18.3 Å². The maximum Gasteiger partial charge on any atom is 0.263 e. The molecule has 108 valence electrons. The lowest BCUT2D eigenvalue weighted by molar-refractivity contribution is 0.285. The van der Waals surface area contributed by atoms with Gasteiger partial charge in [0.1, 0.15) is 4.90 Å². The van der Waals surface area contributed by atoms with E-state index in [2.05, 4.69) is 4.72 Å². The molecule has 0 aliphatic rings. The summed E-state index contributed by atoms with van der Waals surface area (Å²) in [4.78, 5) is 1.46. The molecule has 0 amide bonds. The molecule has 0 saturated heterocycles. The van der Waals surface area contributed by atoms with Gasteiger partial charge in [-0.1, -0.05) is 11.6 Å². The van der Waals surface area contributed by atoms with Crippen LogP contribution >= 0.6 is 45.5 Å². The molecule has 0 radical (unpaired) electrons. The van der Waals surface area contributed by atoms with Crippen LogP contribution < -0.4 is 4.72 Å². The van der Waals surface area contributed by atoms with Crippen LogP contribution in [0, 0.1) is 10.5 Å². The van der Waals surface area contributed by atoms with Gasteiger partial charge in [-0.25, -0.2) is 8.42 Å². The van der Waals surface area contributed by atoms with Gasteiger partial charge in [0.2, 0.25) is 0 Å². The third kappa shape index (κ3) is 3.45. The average molecular weight is 444 g/mol. The number of thiophene rings is 1. The number of hydrogen-bond donors (Lipinski definition) is 2. The van der Waals surface area contributed by atoms with Crippen molar-refractivity contribution in [2.45, 2.75) is 18.4 Å². The van der Waals surface area contributed by atoms with Crippen molar-refractivity contribution in [2.24, 2.45) is 0 Å². The molecular weight excluding hydrogens is 433 g/mol. The van der Waals surface area contributed by atoms with Gasteiger partial charge < -0.3 is 5.11 Å². The number of halogens is 2. The Bertz CT molecular complexity index is 743. The number of aliphatic hydroxyl groups excluding tert-OH is 1. The normalized spacial score (nSPS) is 11.6. The second-order valence-corrected chi connectivity index (χ2v) is 8.61. The van der Waals surface area contributed by atoms with E-state index in [9.17, 15) is 8.42 Å². The van der Waals surface area contributed by atoms with E-state index in [4.69, 9.17) is 16.7 Å². The van der Waals surface area contributed by atoms with Crippen LogP contribution in [0.4, 0.5) is 5.69 Å². The fourth-order valence-electron chi connectivity index (χ4n) is 1.64. The Morgan fingerprint density at radius 1 is 1.40 bits per heavy atom. The standard InChI is InChI=1S/C12H11ClINO3S2/c1-7-12(5-9(6-16)19-7)20(17,18)15-11-3-2-8(13)4-10(11)14/h2-5,15-16H,6H2,1H3. The van der Waals surface area contributed by atoms with Gasteiger partial charge in [-0.05, 0) is 53.8 Å². The SMILES string of the molecule is Cc1sc(CO)cc1S(=O)(=O)Nc1ccc(Cl)cc1I. The number of benzene rings is 1. The van der Waals surface area contributed by atoms with E-state index in [0.29, 0.717) is 24.0 Å². The molecule has 0 saturated carbocycles. The summed E-state index contributed by atoms with van der Waals surface area (Å²) in [5.74, 6) is 0. The topological polar surface area (TPSA) is 66.4 Å². The molecule has 0 aliphatic heterocycles. The molecule has 0 aliphatic carbocycles. The predicted molar refractivity (Wildman–Crippen MR) is 90.0 cm³/mol. The van der Waals surface area contributed by atoms with Gasteiger partial charge in [0.05, 0.1) is 12.3 Å². The summed E-state index contributed by atoms with van der Waals surface area (Å²) in [6.45, 7) is 1.55. The minimum absolute atomic E-state index is 0.167. The number of sulfonamides is 1. The Morgan fingerprint density at radius 3 is 2.65 bits per heavy atom. The average Bonchev–Trinajstić information content (AvgIpc) is 2.75. The second kappa shape index (κ2) is 6.18. The van der Waals surface area contributed by atoms with Crippen molar-refractivity contribution in [3.8, 4) is 0 Å². The van der Waals surface area contributed by atoms with Crippen LogP contribution in [0.2, 0.25) is 5.02 Å². The van der Waals surface area contributed by atoms with Gasteiger partial charge in [0.25, 0.3) is 10.0 Å². The molecule has 8 heteroatoms. The molecule has 20 heavy (non-hydrogen) atoms. The highest BCUT2D eigenvalue weighted by Crippen LogP contribution is 2.29. The Balaban J connectivity index is 2.38. The first-order valence-electron chi connectivity index (χ1n) is 5.51. The highest BCUT2D eigenvalue weighted by molar-refractivity contribution is 14.1. The fourth-order valence-corrected chi connectivity index (χ4v) is 5.41. The summed E-state index contributed by atoms with van der Waals surface area (Å²) < 4.78 is 28.0. The third-order valence-corrected chi connectivity index (χ3v) is 6.33. The van der Waals surface area contributed by atoms with E-state index in [1.165, 1.54) is 17.4 Å². The zero-order valence-corrected chi connectivity index (χ0v) is 14.9. The van der Waals surface area contributed by atoms with Crippen molar-refractivity contribution < 1.29 is 13.5 Å². The largest absolute Gasteiger partial charge is 0.391 e. The van der Waals surface area contributed by atoms with Crippen molar-refractivity contribution in [3.05, 3.63) is 42.6 Å². The number of aryl methyl sites for hydroxylation is 1. The minimum Gasteiger partial charge on any atom is -0.391 e. The van der Waals surface area contributed by atoms with Crippen LogP contribution in [-0.2, 0) is 16.6 Å². The molecule has 0 unspecified atom stereocenters. The maximum absolute atomic E-state index is 12.4. The number of nitrogens with one attached hydrogen (secondary N) is 1. The van der Waals surface area contributed by atoms with Crippen LogP contribution in [-0.4, -0.2) is 13.5 Å². The molecule has 1 aromatic heterocycles. The first kappa shape index (κ1) is 16.0. The summed E-state index contributed by atoms with van der Waals surface area (Å²) >= 11 is 9.13. The zero-order chi connectivity index (χ0) is 14.9. The molecule has 0 bridgehead atoms. The Labute approximate surface area is 140 Å². The Hall–Kier alpha value is -0.350. The van der Waals surface area contributed by atoms with Crippen LogP contribution in [0.25, 0.3) is 0 Å². The van der Waals surface area contributed by atoms with Crippen LogP contribution in [0.3, 0.4) is 0 Å². The lowest BCUT2D eigenvalue weighted by atomic mass is 10.3. The minimum atomic E-state index is -3.67. The van der Waals surface area contributed by atoms with Gasteiger partial charge in [-0.3, -0.25) is 4.72 Å². The zero-order valence-electron chi connectivity index (χ0n) is 10.4. The summed E-state index contributed by atoms with van der Waals surface area (Å²) in [7, 11) is -3.67. The molecule has 0 atom stereocenters. The number of rotatable bonds is 4. The number of aliphatic hydroxyl groups is 1. The third-order valence-electron chi connectivity index (χ3n) is 2.54. The van der Waals surface area contributed by atoms with E-state index >= 15 is 0 Å². The van der Waals surface area contributed by atoms with Crippen LogP contribution in [0.1, 0.15) is 9.75 Å². The fraction of sp³-hybridized carbons (Fsp3) is 0.167. The lowest BCUT2D eigenvalue weighted by Gasteiger charge is -2.09. The van der Waals surface area contributed by atoms with Gasteiger partial charge in [-0.2, -0.15) is 0 Å². The summed E-state index contributed by atoms with van der Waals surface area (Å²) in [5.41, 5.74) is 0.478. The van der Waals surface area contributed by atoms with Crippen molar-refractivity contribution in [1.82, 2.24) is 0 Å². The lowest BCUT2D eigenvalue weighted by Crippen LogP contribution is -2.14. The van der Waals surface area contributed by atoms with E-state index < -0.39 is 10.0 Å². The Kier molecular flexibility index (Phi) is 4.96. The van der Waals surface area contributed by atoms with Crippen molar-refractivity contribution in [2.75, 3.05) is 4.72 Å². The first-order valence-corrected chi connectivity index (χ1v) is 9.27. The van der Waals surface area contributed by atoms with Crippen molar-refractivity contribution in [3.63, 3.8) is 0 Å². The molecule has 0 fully saturated rings. The monoisotopic (exact) mass is 443 g/mol. The molecular formula is C12H11ClINO3S2. The first-order chi connectivity index (χ1) is 9.33. The van der Waals surface area contributed by atoms with Gasteiger partial charge in [-0.15, -0.1) is 11.3 Å². The van der Waals surface area contributed by atoms with Crippen LogP contribution in [0.15, 0.2) is 29.2 Å². The second-order valence-electron chi connectivity index (χ2n) is 4.02. The maximum atomic E-state index is 12.4. The molecule has 2 aromatic rings. The quantitative estimate of drug-likeness (QED) is 0.710. The van der Waals surface area contributed by atoms with Gasteiger partial charge in [0.15, 0.2) is 0 Å². The van der Waals surface area contributed by atoms with Crippen LogP contribution in [0.5, 0.6) is 0 Å². The van der Waals surface area contributed by atoms with E-state index in [1.807, 2.05) is 22.6 Å². The van der Waals surface area contributed by atoms with Crippen molar-refractivity contribution in [1.29, 1.82) is 0 Å². The predicted octanol–water partition coefficient (Wildman–Crippen LogP) is 3.61. The molecule has 1 heterocycles. The molecule has 2 rings (SSSR count). The molecule has 4 nitrogen and oxygen atoms in total. The molecule has 2 N–H and O–H groups in total. The summed E-state index contributed by atoms with van der Waals surface area (Å²) in [6.07, 6.45) is 0. The summed E-state index contributed by atoms with van der Waals surface area (Å²) in [5, 5.41) is 9.63.